The van der Waals surface area contributed by atoms with Gasteiger partial charge in [0.15, 0.2) is 0 Å². The molecule has 0 atom stereocenters. The Morgan fingerprint density at radius 3 is 2.74 bits per heavy atom. The van der Waals surface area contributed by atoms with Crippen LogP contribution < -0.4 is 0 Å². The number of nitro groups is 1. The van der Waals surface area contributed by atoms with Crippen LogP contribution in [0.3, 0.4) is 0 Å². The lowest BCUT2D eigenvalue weighted by Gasteiger charge is -2.04. The predicted octanol–water partition coefficient (Wildman–Crippen LogP) is 2.23. The highest BCUT2D eigenvalue weighted by atomic mass is 32.2. The van der Waals surface area contributed by atoms with Gasteiger partial charge in [0, 0.05) is 23.2 Å². The molecule has 0 bridgehead atoms. The quantitative estimate of drug-likeness (QED) is 0.518. The fourth-order valence-electron chi connectivity index (χ4n) is 1.34. The highest BCUT2D eigenvalue weighted by Crippen LogP contribution is 2.31. The Morgan fingerprint density at radius 1 is 1.37 bits per heavy atom. The highest BCUT2D eigenvalue weighted by Gasteiger charge is 2.17. The lowest BCUT2D eigenvalue weighted by molar-refractivity contribution is -0.384. The number of nitro benzene ring substituents is 1. The lowest BCUT2D eigenvalue weighted by atomic mass is 10.2. The summed E-state index contributed by atoms with van der Waals surface area (Å²) in [6.45, 7) is 0. The van der Waals surface area contributed by atoms with Crippen LogP contribution in [0.25, 0.3) is 0 Å². The maximum absolute atomic E-state index is 11.1. The summed E-state index contributed by atoms with van der Waals surface area (Å²) in [5.41, 5.74) is -0.387. The minimum atomic E-state index is -1.22. The summed E-state index contributed by atoms with van der Waals surface area (Å²) >= 11 is 1.11. The zero-order valence-corrected chi connectivity index (χ0v) is 10.2. The van der Waals surface area contributed by atoms with E-state index >= 15 is 0 Å². The van der Waals surface area contributed by atoms with Crippen molar-refractivity contribution in [2.75, 3.05) is 0 Å². The number of hydrogen-bond donors (Lipinski definition) is 1. The summed E-state index contributed by atoms with van der Waals surface area (Å²) < 4.78 is 0. The molecule has 19 heavy (non-hydrogen) atoms. The largest absolute Gasteiger partial charge is 0.478 e. The zero-order valence-electron chi connectivity index (χ0n) is 9.39. The number of hydrogen-bond acceptors (Lipinski definition) is 6. The van der Waals surface area contributed by atoms with Gasteiger partial charge in [0.2, 0.25) is 0 Å². The SMILES string of the molecule is O=C(O)c1cc([N+](=O)[O-])ccc1Sc1ccncn1. The predicted molar refractivity (Wildman–Crippen MR) is 66.2 cm³/mol. The Hall–Kier alpha value is -2.48. The van der Waals surface area contributed by atoms with Gasteiger partial charge in [0.05, 0.1) is 10.5 Å². The molecule has 0 saturated heterocycles. The number of nitrogens with zero attached hydrogens (tertiary/aromatic N) is 3. The van der Waals surface area contributed by atoms with Crippen molar-refractivity contribution in [1.82, 2.24) is 9.97 Å². The molecule has 0 fully saturated rings. The minimum Gasteiger partial charge on any atom is -0.478 e. The van der Waals surface area contributed by atoms with Gasteiger partial charge >= 0.3 is 5.97 Å². The molecular weight excluding hydrogens is 270 g/mol. The number of carboxylic acid groups (broad SMARTS) is 1. The number of aromatic nitrogens is 2. The molecule has 8 heteroatoms. The van der Waals surface area contributed by atoms with E-state index in [0.29, 0.717) is 9.92 Å². The van der Waals surface area contributed by atoms with E-state index in [1.165, 1.54) is 24.7 Å². The first-order chi connectivity index (χ1) is 9.08. The van der Waals surface area contributed by atoms with Crippen LogP contribution >= 0.6 is 11.8 Å². The third-order valence-corrected chi connectivity index (χ3v) is 3.20. The Bertz CT molecular complexity index is 633. The van der Waals surface area contributed by atoms with Crippen LogP contribution in [0.4, 0.5) is 5.69 Å². The number of carboxylic acids is 1. The van der Waals surface area contributed by atoms with E-state index in [2.05, 4.69) is 9.97 Å². The second kappa shape index (κ2) is 5.44. The van der Waals surface area contributed by atoms with Crippen molar-refractivity contribution in [1.29, 1.82) is 0 Å². The zero-order chi connectivity index (χ0) is 13.8. The van der Waals surface area contributed by atoms with Crippen LogP contribution in [0.5, 0.6) is 0 Å². The van der Waals surface area contributed by atoms with Crippen LogP contribution in [-0.2, 0) is 0 Å². The molecule has 1 aromatic heterocycles. The van der Waals surface area contributed by atoms with Gasteiger partial charge in [-0.2, -0.15) is 0 Å². The molecule has 96 valence electrons. The number of aromatic carboxylic acids is 1. The molecule has 1 aromatic carbocycles. The van der Waals surface area contributed by atoms with Gasteiger partial charge in [0.1, 0.15) is 11.4 Å². The summed E-state index contributed by atoms with van der Waals surface area (Å²) in [5, 5.41) is 20.3. The second-order valence-electron chi connectivity index (χ2n) is 3.39. The highest BCUT2D eigenvalue weighted by molar-refractivity contribution is 7.99. The van der Waals surface area contributed by atoms with Gasteiger partial charge in [-0.1, -0.05) is 11.8 Å². The molecule has 0 amide bonds. The van der Waals surface area contributed by atoms with Crippen LogP contribution in [0.2, 0.25) is 0 Å². The fraction of sp³-hybridized carbons (Fsp3) is 0. The van der Waals surface area contributed by atoms with Crippen molar-refractivity contribution in [3.8, 4) is 0 Å². The Morgan fingerprint density at radius 2 is 2.16 bits per heavy atom. The first-order valence-electron chi connectivity index (χ1n) is 5.03. The molecule has 0 aliphatic rings. The normalized spacial score (nSPS) is 10.1. The van der Waals surface area contributed by atoms with Gasteiger partial charge in [-0.3, -0.25) is 10.1 Å². The molecular formula is C11H7N3O4S. The van der Waals surface area contributed by atoms with E-state index in [1.54, 1.807) is 6.07 Å². The molecule has 0 spiro atoms. The topological polar surface area (TPSA) is 106 Å². The van der Waals surface area contributed by atoms with E-state index < -0.39 is 10.9 Å². The molecule has 1 N–H and O–H groups in total. The maximum atomic E-state index is 11.1. The molecule has 0 aliphatic heterocycles. The van der Waals surface area contributed by atoms with Crippen LogP contribution in [-0.4, -0.2) is 26.0 Å². The lowest BCUT2D eigenvalue weighted by Crippen LogP contribution is -2.00. The second-order valence-corrected chi connectivity index (χ2v) is 4.45. The van der Waals surface area contributed by atoms with Crippen molar-refractivity contribution >= 4 is 23.4 Å². The van der Waals surface area contributed by atoms with Gasteiger partial charge < -0.3 is 5.11 Å². The molecule has 2 rings (SSSR count). The first-order valence-corrected chi connectivity index (χ1v) is 5.85. The van der Waals surface area contributed by atoms with E-state index in [1.807, 2.05) is 0 Å². The Labute approximate surface area is 111 Å². The fourth-order valence-corrected chi connectivity index (χ4v) is 2.19. The summed E-state index contributed by atoms with van der Waals surface area (Å²) in [6, 6.07) is 5.31. The number of non-ortho nitro benzene ring substituents is 1. The number of carbonyl (C=O) groups is 1. The summed E-state index contributed by atoms with van der Waals surface area (Å²) in [5.74, 6) is -1.22. The third kappa shape index (κ3) is 3.05. The van der Waals surface area contributed by atoms with E-state index in [-0.39, 0.29) is 11.3 Å². The average molecular weight is 277 g/mol. The van der Waals surface area contributed by atoms with Gasteiger partial charge in [-0.05, 0) is 12.1 Å². The van der Waals surface area contributed by atoms with Gasteiger partial charge in [-0.25, -0.2) is 14.8 Å². The first kappa shape index (κ1) is 13.0. The van der Waals surface area contributed by atoms with Crippen LogP contribution in [0, 0.1) is 10.1 Å². The van der Waals surface area contributed by atoms with Gasteiger partial charge in [-0.15, -0.1) is 0 Å². The van der Waals surface area contributed by atoms with E-state index in [0.717, 1.165) is 17.8 Å². The van der Waals surface area contributed by atoms with Crippen LogP contribution in [0.1, 0.15) is 10.4 Å². The average Bonchev–Trinajstić information content (AvgIpc) is 2.39. The molecule has 0 aliphatic carbocycles. The van der Waals surface area contributed by atoms with Crippen molar-refractivity contribution in [3.05, 3.63) is 52.5 Å². The summed E-state index contributed by atoms with van der Waals surface area (Å²) in [4.78, 5) is 29.2. The molecule has 0 radical (unpaired) electrons. The van der Waals surface area contributed by atoms with Gasteiger partial charge in [0.25, 0.3) is 5.69 Å². The monoisotopic (exact) mass is 277 g/mol. The van der Waals surface area contributed by atoms with Crippen molar-refractivity contribution < 1.29 is 14.8 Å². The standard InChI is InChI=1S/C11H7N3O4S/c15-11(16)8-5-7(14(17)18)1-2-9(8)19-10-3-4-12-6-13-10/h1-6H,(H,15,16). The van der Waals surface area contributed by atoms with E-state index in [4.69, 9.17) is 5.11 Å². The Kier molecular flexibility index (Phi) is 3.71. The third-order valence-electron chi connectivity index (χ3n) is 2.17. The molecule has 7 nitrogen and oxygen atoms in total. The minimum absolute atomic E-state index is 0.127. The van der Waals surface area contributed by atoms with Crippen molar-refractivity contribution in [2.24, 2.45) is 0 Å². The number of rotatable bonds is 4. The summed E-state index contributed by atoms with van der Waals surface area (Å²) in [6.07, 6.45) is 2.87. The molecule has 0 unspecified atom stereocenters. The summed E-state index contributed by atoms with van der Waals surface area (Å²) in [7, 11) is 0. The van der Waals surface area contributed by atoms with E-state index in [9.17, 15) is 14.9 Å². The molecule has 2 aromatic rings. The molecule has 1 heterocycles. The Balaban J connectivity index is 2.40. The number of benzene rings is 1. The van der Waals surface area contributed by atoms with Crippen LogP contribution in [0.15, 0.2) is 46.7 Å². The van der Waals surface area contributed by atoms with Crippen molar-refractivity contribution in [3.63, 3.8) is 0 Å². The maximum Gasteiger partial charge on any atom is 0.337 e. The smallest absolute Gasteiger partial charge is 0.337 e. The van der Waals surface area contributed by atoms with Crippen molar-refractivity contribution in [2.45, 2.75) is 9.92 Å². The molecule has 0 saturated carbocycles.